The molecule has 0 bridgehead atoms. The number of esters is 1. The van der Waals surface area contributed by atoms with E-state index in [4.69, 9.17) is 4.74 Å². The summed E-state index contributed by atoms with van der Waals surface area (Å²) in [6, 6.07) is 9.81. The van der Waals surface area contributed by atoms with Gasteiger partial charge in [0.25, 0.3) is 0 Å². The van der Waals surface area contributed by atoms with Crippen LogP contribution in [0.5, 0.6) is 0 Å². The van der Waals surface area contributed by atoms with Crippen LogP contribution in [0, 0.1) is 11.3 Å². The van der Waals surface area contributed by atoms with Gasteiger partial charge in [-0.15, -0.1) is 0 Å². The number of hydrogen-bond acceptors (Lipinski definition) is 2. The van der Waals surface area contributed by atoms with E-state index < -0.39 is 0 Å². The van der Waals surface area contributed by atoms with Crippen LogP contribution in [0.2, 0.25) is 0 Å². The summed E-state index contributed by atoms with van der Waals surface area (Å²) in [6.07, 6.45) is 1.87. The Bertz CT molecular complexity index is 370. The second kappa shape index (κ2) is 6.58. The summed E-state index contributed by atoms with van der Waals surface area (Å²) in [5.74, 6) is 0.212. The molecule has 1 aromatic rings. The number of benzene rings is 1. The van der Waals surface area contributed by atoms with Crippen LogP contribution in [0.3, 0.4) is 0 Å². The van der Waals surface area contributed by atoms with Gasteiger partial charge in [-0.05, 0) is 24.8 Å². The third kappa shape index (κ3) is 3.59. The largest absolute Gasteiger partial charge is 0.460 e. The van der Waals surface area contributed by atoms with Gasteiger partial charge in [-0.1, -0.05) is 57.5 Å². The molecule has 0 aromatic heterocycles. The molecular formula is C16H24O2. The monoisotopic (exact) mass is 248 g/mol. The second-order valence-electron chi connectivity index (χ2n) is 5.38. The van der Waals surface area contributed by atoms with Crippen molar-refractivity contribution in [2.45, 2.75) is 47.1 Å². The number of carbonyl (C=O) groups excluding carboxylic acids is 1. The van der Waals surface area contributed by atoms with Crippen molar-refractivity contribution in [3.63, 3.8) is 0 Å². The van der Waals surface area contributed by atoms with Crippen molar-refractivity contribution in [3.8, 4) is 0 Å². The number of carbonyl (C=O) groups is 1. The standard InChI is InChI=1S/C16H24O2/c1-5-11-16(4,13(2)3)15(17)18-12-14-9-7-6-8-10-14/h6-10,13H,5,11-12H2,1-4H3. The van der Waals surface area contributed by atoms with Crippen molar-refractivity contribution < 1.29 is 9.53 Å². The average molecular weight is 248 g/mol. The van der Waals surface area contributed by atoms with E-state index in [2.05, 4.69) is 20.8 Å². The van der Waals surface area contributed by atoms with Gasteiger partial charge in [-0.25, -0.2) is 0 Å². The highest BCUT2D eigenvalue weighted by molar-refractivity contribution is 5.76. The zero-order valence-electron chi connectivity index (χ0n) is 11.9. The summed E-state index contributed by atoms with van der Waals surface area (Å²) in [7, 11) is 0. The molecule has 0 saturated carbocycles. The summed E-state index contributed by atoms with van der Waals surface area (Å²) in [6.45, 7) is 8.64. The average Bonchev–Trinajstić information content (AvgIpc) is 2.37. The van der Waals surface area contributed by atoms with Gasteiger partial charge in [0.2, 0.25) is 0 Å². The number of ether oxygens (including phenoxy) is 1. The normalized spacial score (nSPS) is 14.3. The van der Waals surface area contributed by atoms with Crippen molar-refractivity contribution in [1.82, 2.24) is 0 Å². The first-order valence-corrected chi connectivity index (χ1v) is 6.72. The molecule has 100 valence electrons. The fraction of sp³-hybridized carbons (Fsp3) is 0.562. The lowest BCUT2D eigenvalue weighted by Gasteiger charge is -2.31. The molecule has 0 amide bonds. The van der Waals surface area contributed by atoms with Gasteiger partial charge in [-0.3, -0.25) is 4.79 Å². The Labute approximate surface area is 110 Å². The molecule has 0 aliphatic rings. The van der Waals surface area contributed by atoms with Crippen LogP contribution >= 0.6 is 0 Å². The maximum absolute atomic E-state index is 12.2. The zero-order chi connectivity index (χ0) is 13.6. The Morgan fingerprint density at radius 3 is 2.39 bits per heavy atom. The van der Waals surface area contributed by atoms with E-state index in [1.54, 1.807) is 0 Å². The van der Waals surface area contributed by atoms with E-state index >= 15 is 0 Å². The van der Waals surface area contributed by atoms with Crippen LogP contribution in [0.4, 0.5) is 0 Å². The van der Waals surface area contributed by atoms with Gasteiger partial charge in [0.1, 0.15) is 6.61 Å². The van der Waals surface area contributed by atoms with E-state index in [9.17, 15) is 4.79 Å². The van der Waals surface area contributed by atoms with Crippen LogP contribution < -0.4 is 0 Å². The molecule has 0 saturated heterocycles. The van der Waals surface area contributed by atoms with E-state index in [1.165, 1.54) is 0 Å². The van der Waals surface area contributed by atoms with E-state index in [-0.39, 0.29) is 11.4 Å². The SMILES string of the molecule is CCCC(C)(C(=O)OCc1ccccc1)C(C)C. The number of hydrogen-bond donors (Lipinski definition) is 0. The molecule has 1 unspecified atom stereocenters. The fourth-order valence-corrected chi connectivity index (χ4v) is 2.03. The van der Waals surface area contributed by atoms with Gasteiger partial charge in [0, 0.05) is 0 Å². The third-order valence-electron chi connectivity index (χ3n) is 3.72. The lowest BCUT2D eigenvalue weighted by atomic mass is 9.75. The molecule has 1 aromatic carbocycles. The molecule has 2 heteroatoms. The Morgan fingerprint density at radius 1 is 1.28 bits per heavy atom. The molecule has 0 heterocycles. The minimum Gasteiger partial charge on any atom is -0.460 e. The summed E-state index contributed by atoms with van der Waals surface area (Å²) in [4.78, 5) is 12.2. The van der Waals surface area contributed by atoms with Gasteiger partial charge in [0.05, 0.1) is 5.41 Å². The Balaban J connectivity index is 2.63. The molecule has 1 rings (SSSR count). The first kappa shape index (κ1) is 14.7. The van der Waals surface area contributed by atoms with Crippen LogP contribution in [-0.2, 0) is 16.1 Å². The van der Waals surface area contributed by atoms with Gasteiger partial charge < -0.3 is 4.74 Å². The lowest BCUT2D eigenvalue weighted by molar-refractivity contribution is -0.159. The topological polar surface area (TPSA) is 26.3 Å². The number of rotatable bonds is 6. The molecule has 18 heavy (non-hydrogen) atoms. The summed E-state index contributed by atoms with van der Waals surface area (Å²) in [5.41, 5.74) is 0.664. The van der Waals surface area contributed by atoms with Crippen LogP contribution in [0.15, 0.2) is 30.3 Å². The van der Waals surface area contributed by atoms with Crippen molar-refractivity contribution in [1.29, 1.82) is 0 Å². The molecule has 0 aliphatic heterocycles. The molecule has 0 fully saturated rings. The van der Waals surface area contributed by atoms with Crippen LogP contribution in [-0.4, -0.2) is 5.97 Å². The van der Waals surface area contributed by atoms with Crippen LogP contribution in [0.25, 0.3) is 0 Å². The predicted octanol–water partition coefficient (Wildman–Crippen LogP) is 4.19. The van der Waals surface area contributed by atoms with Gasteiger partial charge in [-0.2, -0.15) is 0 Å². The second-order valence-corrected chi connectivity index (χ2v) is 5.38. The Morgan fingerprint density at radius 2 is 1.89 bits per heavy atom. The summed E-state index contributed by atoms with van der Waals surface area (Å²) < 4.78 is 5.47. The minimum atomic E-state index is -0.371. The highest BCUT2D eigenvalue weighted by Crippen LogP contribution is 2.34. The lowest BCUT2D eigenvalue weighted by Crippen LogP contribution is -2.34. The molecule has 0 spiro atoms. The molecule has 1 atom stereocenters. The van der Waals surface area contributed by atoms with Gasteiger partial charge in [0.15, 0.2) is 0 Å². The van der Waals surface area contributed by atoms with Crippen LogP contribution in [0.1, 0.15) is 46.1 Å². The van der Waals surface area contributed by atoms with E-state index in [0.717, 1.165) is 18.4 Å². The van der Waals surface area contributed by atoms with Crippen molar-refractivity contribution >= 4 is 5.97 Å². The van der Waals surface area contributed by atoms with E-state index in [0.29, 0.717) is 12.5 Å². The first-order valence-electron chi connectivity index (χ1n) is 6.72. The van der Waals surface area contributed by atoms with Crippen molar-refractivity contribution in [3.05, 3.63) is 35.9 Å². The smallest absolute Gasteiger partial charge is 0.312 e. The quantitative estimate of drug-likeness (QED) is 0.705. The highest BCUT2D eigenvalue weighted by Gasteiger charge is 2.37. The Hall–Kier alpha value is -1.31. The zero-order valence-corrected chi connectivity index (χ0v) is 11.9. The maximum atomic E-state index is 12.2. The molecule has 0 radical (unpaired) electrons. The summed E-state index contributed by atoms with van der Waals surface area (Å²) >= 11 is 0. The first-order chi connectivity index (χ1) is 8.50. The third-order valence-corrected chi connectivity index (χ3v) is 3.72. The molecular weight excluding hydrogens is 224 g/mol. The molecule has 2 nitrogen and oxygen atoms in total. The predicted molar refractivity (Wildman–Crippen MR) is 74.1 cm³/mol. The maximum Gasteiger partial charge on any atom is 0.312 e. The summed E-state index contributed by atoms with van der Waals surface area (Å²) in [5, 5.41) is 0. The van der Waals surface area contributed by atoms with Crippen molar-refractivity contribution in [2.75, 3.05) is 0 Å². The van der Waals surface area contributed by atoms with E-state index in [1.807, 2.05) is 37.3 Å². The molecule has 0 N–H and O–H groups in total. The van der Waals surface area contributed by atoms with Gasteiger partial charge >= 0.3 is 5.97 Å². The molecule has 0 aliphatic carbocycles. The highest BCUT2D eigenvalue weighted by atomic mass is 16.5. The Kier molecular flexibility index (Phi) is 5.39. The minimum absolute atomic E-state index is 0.0804. The van der Waals surface area contributed by atoms with Crippen molar-refractivity contribution in [2.24, 2.45) is 11.3 Å². The fourth-order valence-electron chi connectivity index (χ4n) is 2.03.